The maximum absolute atomic E-state index is 13.2. The van der Waals surface area contributed by atoms with E-state index in [2.05, 4.69) is 11.9 Å². The second kappa shape index (κ2) is 8.60. The standard InChI is InChI=1S/C16H21F2NO3/c1-4-5-8-22-11(3)16(21)19-10(2)15(20)12-6-7-13(17)14(18)9-12/h4,6-7,9-11,15,20H,1,5,8H2,2-3H3,(H,19,21). The zero-order valence-corrected chi connectivity index (χ0v) is 12.7. The fourth-order valence-electron chi connectivity index (χ4n) is 1.81. The van der Waals surface area contributed by atoms with Crippen molar-refractivity contribution in [3.05, 3.63) is 48.1 Å². The number of ether oxygens (including phenoxy) is 1. The van der Waals surface area contributed by atoms with Gasteiger partial charge in [-0.05, 0) is 38.0 Å². The van der Waals surface area contributed by atoms with Crippen LogP contribution in [0.4, 0.5) is 8.78 Å². The summed E-state index contributed by atoms with van der Waals surface area (Å²) in [4.78, 5) is 11.9. The summed E-state index contributed by atoms with van der Waals surface area (Å²) >= 11 is 0. The van der Waals surface area contributed by atoms with Gasteiger partial charge in [0.25, 0.3) is 0 Å². The highest BCUT2D eigenvalue weighted by molar-refractivity contribution is 5.80. The summed E-state index contributed by atoms with van der Waals surface area (Å²) < 4.78 is 31.3. The van der Waals surface area contributed by atoms with Gasteiger partial charge < -0.3 is 15.2 Å². The van der Waals surface area contributed by atoms with E-state index in [-0.39, 0.29) is 5.56 Å². The second-order valence-corrected chi connectivity index (χ2v) is 5.01. The molecule has 1 aromatic rings. The third-order valence-electron chi connectivity index (χ3n) is 3.19. The monoisotopic (exact) mass is 313 g/mol. The van der Waals surface area contributed by atoms with Gasteiger partial charge in [0.2, 0.25) is 5.91 Å². The average molecular weight is 313 g/mol. The Morgan fingerprint density at radius 1 is 1.41 bits per heavy atom. The Hall–Kier alpha value is -1.79. The van der Waals surface area contributed by atoms with Crippen LogP contribution in [-0.4, -0.2) is 29.8 Å². The molecule has 0 spiro atoms. The molecule has 0 aliphatic heterocycles. The molecule has 3 atom stereocenters. The van der Waals surface area contributed by atoms with E-state index in [0.29, 0.717) is 13.0 Å². The molecular formula is C16H21F2NO3. The third kappa shape index (κ3) is 5.20. The minimum atomic E-state index is -1.15. The molecule has 0 aliphatic rings. The largest absolute Gasteiger partial charge is 0.386 e. The number of benzene rings is 1. The number of halogens is 2. The second-order valence-electron chi connectivity index (χ2n) is 5.01. The first kappa shape index (κ1) is 18.3. The van der Waals surface area contributed by atoms with Crippen LogP contribution >= 0.6 is 0 Å². The van der Waals surface area contributed by atoms with Crippen LogP contribution in [0.25, 0.3) is 0 Å². The Labute approximate surface area is 128 Å². The molecule has 1 aromatic carbocycles. The van der Waals surface area contributed by atoms with Gasteiger partial charge in [-0.25, -0.2) is 8.78 Å². The van der Waals surface area contributed by atoms with Crippen LogP contribution in [-0.2, 0) is 9.53 Å². The van der Waals surface area contributed by atoms with E-state index in [0.717, 1.165) is 12.1 Å². The van der Waals surface area contributed by atoms with E-state index in [1.165, 1.54) is 6.07 Å². The van der Waals surface area contributed by atoms with Gasteiger partial charge in [0, 0.05) is 0 Å². The van der Waals surface area contributed by atoms with E-state index in [4.69, 9.17) is 4.74 Å². The van der Waals surface area contributed by atoms with Crippen molar-refractivity contribution in [2.75, 3.05) is 6.61 Å². The van der Waals surface area contributed by atoms with E-state index < -0.39 is 35.8 Å². The molecule has 6 heteroatoms. The molecule has 0 aromatic heterocycles. The van der Waals surface area contributed by atoms with Crippen molar-refractivity contribution >= 4 is 5.91 Å². The Morgan fingerprint density at radius 3 is 2.68 bits per heavy atom. The number of hydrogen-bond acceptors (Lipinski definition) is 3. The first-order chi connectivity index (χ1) is 10.4. The van der Waals surface area contributed by atoms with Crippen molar-refractivity contribution in [1.29, 1.82) is 0 Å². The molecule has 3 unspecified atom stereocenters. The molecule has 0 fully saturated rings. The Kier molecular flexibility index (Phi) is 7.14. The molecule has 0 heterocycles. The fourth-order valence-corrected chi connectivity index (χ4v) is 1.81. The summed E-state index contributed by atoms with van der Waals surface area (Å²) in [6.07, 6.45) is 0.476. The van der Waals surface area contributed by atoms with Crippen molar-refractivity contribution in [3.63, 3.8) is 0 Å². The number of carbonyl (C=O) groups excluding carboxylic acids is 1. The van der Waals surface area contributed by atoms with E-state index in [1.807, 2.05) is 0 Å². The van der Waals surface area contributed by atoms with E-state index >= 15 is 0 Å². The first-order valence-electron chi connectivity index (χ1n) is 7.02. The van der Waals surface area contributed by atoms with Crippen molar-refractivity contribution in [1.82, 2.24) is 5.32 Å². The predicted molar refractivity (Wildman–Crippen MR) is 79.2 cm³/mol. The van der Waals surface area contributed by atoms with Gasteiger partial charge in [-0.3, -0.25) is 4.79 Å². The molecule has 122 valence electrons. The van der Waals surface area contributed by atoms with E-state index in [9.17, 15) is 18.7 Å². The summed E-state index contributed by atoms with van der Waals surface area (Å²) in [5.74, 6) is -2.42. The molecular weight excluding hydrogens is 292 g/mol. The maximum atomic E-state index is 13.2. The molecule has 22 heavy (non-hydrogen) atoms. The molecule has 0 saturated heterocycles. The number of carbonyl (C=O) groups is 1. The maximum Gasteiger partial charge on any atom is 0.249 e. The lowest BCUT2D eigenvalue weighted by atomic mass is 10.0. The Balaban J connectivity index is 2.59. The van der Waals surface area contributed by atoms with Gasteiger partial charge in [-0.15, -0.1) is 6.58 Å². The molecule has 0 saturated carbocycles. The molecule has 1 rings (SSSR count). The number of nitrogens with one attached hydrogen (secondary N) is 1. The van der Waals surface area contributed by atoms with Crippen LogP contribution in [0.2, 0.25) is 0 Å². The van der Waals surface area contributed by atoms with Crippen molar-refractivity contribution in [3.8, 4) is 0 Å². The van der Waals surface area contributed by atoms with Crippen LogP contribution in [0.3, 0.4) is 0 Å². The zero-order valence-electron chi connectivity index (χ0n) is 12.7. The summed E-state index contributed by atoms with van der Waals surface area (Å²) in [5.41, 5.74) is 0.187. The van der Waals surface area contributed by atoms with Crippen molar-refractivity contribution < 1.29 is 23.4 Å². The van der Waals surface area contributed by atoms with Gasteiger partial charge in [-0.1, -0.05) is 12.1 Å². The third-order valence-corrected chi connectivity index (χ3v) is 3.19. The number of aliphatic hydroxyl groups excluding tert-OH is 1. The van der Waals surface area contributed by atoms with Gasteiger partial charge in [-0.2, -0.15) is 0 Å². The van der Waals surface area contributed by atoms with Crippen LogP contribution in [0.1, 0.15) is 31.9 Å². The van der Waals surface area contributed by atoms with Gasteiger partial charge in [0.1, 0.15) is 6.10 Å². The SMILES string of the molecule is C=CCCOC(C)C(=O)NC(C)C(O)c1ccc(F)c(F)c1. The highest BCUT2D eigenvalue weighted by Crippen LogP contribution is 2.19. The van der Waals surface area contributed by atoms with Gasteiger partial charge in [0.05, 0.1) is 18.8 Å². The van der Waals surface area contributed by atoms with Crippen molar-refractivity contribution in [2.45, 2.75) is 38.5 Å². The van der Waals surface area contributed by atoms with Crippen LogP contribution in [0.15, 0.2) is 30.9 Å². The summed E-state index contributed by atoms with van der Waals surface area (Å²) in [5, 5.41) is 12.7. The molecule has 0 aliphatic carbocycles. The Bertz CT molecular complexity index is 522. The average Bonchev–Trinajstić information content (AvgIpc) is 2.49. The minimum Gasteiger partial charge on any atom is -0.386 e. The van der Waals surface area contributed by atoms with Crippen molar-refractivity contribution in [2.24, 2.45) is 0 Å². The normalized spacial score (nSPS) is 15.0. The van der Waals surface area contributed by atoms with Crippen LogP contribution in [0.5, 0.6) is 0 Å². The Morgan fingerprint density at radius 2 is 2.09 bits per heavy atom. The molecule has 4 nitrogen and oxygen atoms in total. The molecule has 2 N–H and O–H groups in total. The summed E-state index contributed by atoms with van der Waals surface area (Å²) in [7, 11) is 0. The minimum absolute atomic E-state index is 0.187. The lowest BCUT2D eigenvalue weighted by molar-refractivity contribution is -0.133. The number of hydrogen-bond donors (Lipinski definition) is 2. The molecule has 0 bridgehead atoms. The highest BCUT2D eigenvalue weighted by atomic mass is 19.2. The quantitative estimate of drug-likeness (QED) is 0.572. The molecule has 1 amide bonds. The fraction of sp³-hybridized carbons (Fsp3) is 0.438. The van der Waals surface area contributed by atoms with E-state index in [1.54, 1.807) is 19.9 Å². The van der Waals surface area contributed by atoms with Crippen LogP contribution < -0.4 is 5.32 Å². The zero-order chi connectivity index (χ0) is 16.7. The predicted octanol–water partition coefficient (Wildman–Crippen LogP) is 2.48. The highest BCUT2D eigenvalue weighted by Gasteiger charge is 2.22. The lowest BCUT2D eigenvalue weighted by Gasteiger charge is -2.22. The first-order valence-corrected chi connectivity index (χ1v) is 7.02. The number of amides is 1. The smallest absolute Gasteiger partial charge is 0.249 e. The van der Waals surface area contributed by atoms with Gasteiger partial charge in [0.15, 0.2) is 11.6 Å². The lowest BCUT2D eigenvalue weighted by Crippen LogP contribution is -2.42. The number of aliphatic hydroxyl groups is 1. The molecule has 0 radical (unpaired) electrons. The summed E-state index contributed by atoms with van der Waals surface area (Å²) in [6.45, 7) is 7.09. The number of rotatable bonds is 8. The van der Waals surface area contributed by atoms with Gasteiger partial charge >= 0.3 is 0 Å². The summed E-state index contributed by atoms with van der Waals surface area (Å²) in [6, 6.07) is 2.44. The topological polar surface area (TPSA) is 58.6 Å². The van der Waals surface area contributed by atoms with Crippen LogP contribution in [0, 0.1) is 11.6 Å².